The minimum Gasteiger partial charge on any atom is -0.493 e. The Morgan fingerprint density at radius 3 is 1.53 bits per heavy atom. The summed E-state index contributed by atoms with van der Waals surface area (Å²) in [5.74, 6) is 0.391. The molecule has 3 rings (SSSR count). The molecule has 0 aliphatic rings. The Labute approximate surface area is 220 Å². The highest BCUT2D eigenvalue weighted by molar-refractivity contribution is 5.95. The van der Waals surface area contributed by atoms with Gasteiger partial charge in [-0.2, -0.15) is 0 Å². The summed E-state index contributed by atoms with van der Waals surface area (Å²) in [4.78, 5) is 30.0. The van der Waals surface area contributed by atoms with Crippen LogP contribution in [-0.4, -0.2) is 59.6 Å². The number of methoxy groups -OCH3 is 6. The van der Waals surface area contributed by atoms with Crippen molar-refractivity contribution in [3.63, 3.8) is 0 Å². The van der Waals surface area contributed by atoms with Gasteiger partial charge in [0.05, 0.1) is 48.4 Å². The smallest absolute Gasteiger partial charge is 0.342 e. The number of ether oxygens (including phenoxy) is 8. The highest BCUT2D eigenvalue weighted by Gasteiger charge is 2.24. The molecule has 11 nitrogen and oxygen atoms in total. The number of carbonyl (C=O) groups is 2. The van der Waals surface area contributed by atoms with Crippen LogP contribution in [0.1, 0.15) is 32.0 Å². The Kier molecular flexibility index (Phi) is 9.58. The summed E-state index contributed by atoms with van der Waals surface area (Å²) in [6, 6.07) is 9.58. The third-order valence-corrected chi connectivity index (χ3v) is 5.53. The van der Waals surface area contributed by atoms with Crippen molar-refractivity contribution >= 4 is 11.9 Å². The van der Waals surface area contributed by atoms with Crippen LogP contribution in [0.2, 0.25) is 0 Å². The van der Waals surface area contributed by atoms with Crippen LogP contribution in [0.4, 0.5) is 0 Å². The van der Waals surface area contributed by atoms with E-state index in [0.29, 0.717) is 22.8 Å². The fourth-order valence-electron chi connectivity index (χ4n) is 3.69. The first-order chi connectivity index (χ1) is 18.4. The standard InChI is InChI=1S/C27H29NO10/c1-31-20-11-9-17(22(33-3)24(20)35-5)26(29)37-14-16-8-7-13-28-19(16)15-38-27(30)18-10-12-21(32-2)25(36-6)23(18)34-4/h7-13H,14-15H2,1-6H3. The van der Waals surface area contributed by atoms with Gasteiger partial charge in [-0.1, -0.05) is 6.07 Å². The van der Waals surface area contributed by atoms with Gasteiger partial charge in [-0.15, -0.1) is 0 Å². The highest BCUT2D eigenvalue weighted by atomic mass is 16.6. The first-order valence-corrected chi connectivity index (χ1v) is 11.3. The number of hydrogen-bond donors (Lipinski definition) is 0. The first kappa shape index (κ1) is 27.9. The van der Waals surface area contributed by atoms with Crippen molar-refractivity contribution in [3.05, 3.63) is 65.0 Å². The molecular weight excluding hydrogens is 498 g/mol. The molecule has 202 valence electrons. The van der Waals surface area contributed by atoms with Gasteiger partial charge in [-0.05, 0) is 30.3 Å². The number of hydrogen-bond acceptors (Lipinski definition) is 11. The molecular formula is C27H29NO10. The summed E-state index contributed by atoms with van der Waals surface area (Å²) in [5.41, 5.74) is 1.26. The van der Waals surface area contributed by atoms with Crippen LogP contribution < -0.4 is 28.4 Å². The van der Waals surface area contributed by atoms with Crippen molar-refractivity contribution in [3.8, 4) is 34.5 Å². The molecule has 2 aromatic carbocycles. The molecule has 0 saturated heterocycles. The predicted octanol–water partition coefficient (Wildman–Crippen LogP) is 3.85. The minimum absolute atomic E-state index is 0.128. The van der Waals surface area contributed by atoms with Gasteiger partial charge in [-0.3, -0.25) is 4.98 Å². The molecule has 0 aliphatic heterocycles. The van der Waals surface area contributed by atoms with Gasteiger partial charge in [0.25, 0.3) is 0 Å². The maximum absolute atomic E-state index is 12.9. The van der Waals surface area contributed by atoms with Crippen LogP contribution in [0, 0.1) is 0 Å². The zero-order valence-corrected chi connectivity index (χ0v) is 22.0. The van der Waals surface area contributed by atoms with E-state index in [1.54, 1.807) is 30.5 Å². The second kappa shape index (κ2) is 13.0. The monoisotopic (exact) mass is 527 g/mol. The summed E-state index contributed by atoms with van der Waals surface area (Å²) in [6.45, 7) is -0.305. The molecule has 0 bridgehead atoms. The molecule has 0 aliphatic carbocycles. The second-order valence-corrected chi connectivity index (χ2v) is 7.53. The van der Waals surface area contributed by atoms with Gasteiger partial charge in [-0.25, -0.2) is 9.59 Å². The molecule has 11 heteroatoms. The molecule has 3 aromatic rings. The fourth-order valence-corrected chi connectivity index (χ4v) is 3.69. The average Bonchev–Trinajstić information content (AvgIpc) is 2.96. The Morgan fingerprint density at radius 2 is 1.08 bits per heavy atom. The highest BCUT2D eigenvalue weighted by Crippen LogP contribution is 2.41. The number of nitrogens with zero attached hydrogens (tertiary/aromatic N) is 1. The van der Waals surface area contributed by atoms with Crippen LogP contribution >= 0.6 is 0 Å². The van der Waals surface area contributed by atoms with Crippen molar-refractivity contribution in [2.45, 2.75) is 13.2 Å². The van der Waals surface area contributed by atoms with Gasteiger partial charge in [0.2, 0.25) is 11.5 Å². The van der Waals surface area contributed by atoms with E-state index >= 15 is 0 Å². The van der Waals surface area contributed by atoms with E-state index < -0.39 is 11.9 Å². The lowest BCUT2D eigenvalue weighted by Crippen LogP contribution is -2.12. The molecule has 0 radical (unpaired) electrons. The molecule has 0 N–H and O–H groups in total. The lowest BCUT2D eigenvalue weighted by Gasteiger charge is -2.16. The summed E-state index contributed by atoms with van der Waals surface area (Å²) >= 11 is 0. The van der Waals surface area contributed by atoms with E-state index in [9.17, 15) is 9.59 Å². The maximum atomic E-state index is 12.9. The van der Waals surface area contributed by atoms with Crippen molar-refractivity contribution in [1.29, 1.82) is 0 Å². The van der Waals surface area contributed by atoms with Crippen molar-refractivity contribution in [1.82, 2.24) is 4.98 Å². The topological polar surface area (TPSA) is 121 Å². The van der Waals surface area contributed by atoms with Crippen LogP contribution in [0.15, 0.2) is 42.6 Å². The van der Waals surface area contributed by atoms with E-state index in [0.717, 1.165) is 0 Å². The molecule has 1 heterocycles. The molecule has 1 aromatic heterocycles. The average molecular weight is 528 g/mol. The van der Waals surface area contributed by atoms with E-state index in [1.807, 2.05) is 0 Å². The number of esters is 2. The molecule has 0 fully saturated rings. The zero-order valence-electron chi connectivity index (χ0n) is 22.0. The third-order valence-electron chi connectivity index (χ3n) is 5.53. The Morgan fingerprint density at radius 1 is 0.605 bits per heavy atom. The SMILES string of the molecule is COc1ccc(C(=O)OCc2cccnc2COC(=O)c2ccc(OC)c(OC)c2OC)c(OC)c1OC. The number of pyridine rings is 1. The van der Waals surface area contributed by atoms with E-state index in [-0.39, 0.29) is 47.3 Å². The summed E-state index contributed by atoms with van der Waals surface area (Å²) < 4.78 is 42.9. The van der Waals surface area contributed by atoms with Gasteiger partial charge >= 0.3 is 11.9 Å². The Hall–Kier alpha value is -4.67. The van der Waals surface area contributed by atoms with Gasteiger partial charge in [0.15, 0.2) is 23.0 Å². The van der Waals surface area contributed by atoms with Gasteiger partial charge in [0.1, 0.15) is 24.3 Å². The lowest BCUT2D eigenvalue weighted by atomic mass is 10.1. The number of benzene rings is 2. The Bertz CT molecular complexity index is 1190. The largest absolute Gasteiger partial charge is 0.493 e. The Balaban J connectivity index is 1.75. The van der Waals surface area contributed by atoms with E-state index in [2.05, 4.69) is 4.98 Å². The van der Waals surface area contributed by atoms with Crippen LogP contribution in [0.5, 0.6) is 34.5 Å². The number of aromatic nitrogens is 1. The summed E-state index contributed by atoms with van der Waals surface area (Å²) in [7, 11) is 8.66. The fraction of sp³-hybridized carbons (Fsp3) is 0.296. The molecule has 0 saturated carbocycles. The van der Waals surface area contributed by atoms with Crippen molar-refractivity contribution in [2.24, 2.45) is 0 Å². The number of carbonyl (C=O) groups excluding carboxylic acids is 2. The molecule has 0 atom stereocenters. The molecule has 0 spiro atoms. The van der Waals surface area contributed by atoms with Crippen molar-refractivity contribution in [2.75, 3.05) is 42.7 Å². The number of rotatable bonds is 12. The second-order valence-electron chi connectivity index (χ2n) is 7.53. The van der Waals surface area contributed by atoms with Crippen molar-refractivity contribution < 1.29 is 47.5 Å². The summed E-state index contributed by atoms with van der Waals surface area (Å²) in [6.07, 6.45) is 1.54. The third kappa shape index (κ3) is 5.83. The molecule has 38 heavy (non-hydrogen) atoms. The molecule has 0 amide bonds. The normalized spacial score (nSPS) is 10.3. The van der Waals surface area contributed by atoms with E-state index in [4.69, 9.17) is 37.9 Å². The van der Waals surface area contributed by atoms with Gasteiger partial charge < -0.3 is 37.9 Å². The van der Waals surface area contributed by atoms with Crippen LogP contribution in [-0.2, 0) is 22.7 Å². The van der Waals surface area contributed by atoms with Crippen LogP contribution in [0.25, 0.3) is 0 Å². The lowest BCUT2D eigenvalue weighted by molar-refractivity contribution is 0.0426. The minimum atomic E-state index is -0.661. The van der Waals surface area contributed by atoms with Crippen LogP contribution in [0.3, 0.4) is 0 Å². The maximum Gasteiger partial charge on any atom is 0.342 e. The van der Waals surface area contributed by atoms with Gasteiger partial charge in [0, 0.05) is 11.8 Å². The first-order valence-electron chi connectivity index (χ1n) is 11.3. The predicted molar refractivity (Wildman–Crippen MR) is 135 cm³/mol. The summed E-state index contributed by atoms with van der Waals surface area (Å²) in [5, 5.41) is 0. The quantitative estimate of drug-likeness (QED) is 0.319. The zero-order chi connectivity index (χ0) is 27.7. The molecule has 0 unspecified atom stereocenters. The van der Waals surface area contributed by atoms with E-state index in [1.165, 1.54) is 54.8 Å².